The Morgan fingerprint density at radius 2 is 0.385 bits per heavy atom. The third-order valence-corrected chi connectivity index (χ3v) is 27.9. The van der Waals surface area contributed by atoms with Gasteiger partial charge in [0.25, 0.3) is 0 Å². The van der Waals surface area contributed by atoms with Crippen LogP contribution in [0, 0.1) is 0 Å². The molecule has 0 N–H and O–H groups in total. The molecule has 0 fully saturated rings. The summed E-state index contributed by atoms with van der Waals surface area (Å²) in [6, 6.07) is 170. The van der Waals surface area contributed by atoms with Crippen molar-refractivity contribution in [3.63, 3.8) is 0 Å². The van der Waals surface area contributed by atoms with Gasteiger partial charge < -0.3 is 40.7 Å². The monoisotopic (exact) mass is 1720 g/mol. The Morgan fingerprint density at radius 1 is 0.133 bits per heavy atom. The maximum atomic E-state index is 6.37. The molecule has 0 amide bonds. The molecule has 0 spiro atoms. The minimum absolute atomic E-state index is 0.901. The van der Waals surface area contributed by atoms with Gasteiger partial charge in [-0.1, -0.05) is 309 Å². The normalized spacial score (nSPS) is 12.0. The van der Waals surface area contributed by atoms with Crippen LogP contribution in [0.3, 0.4) is 0 Å². The van der Waals surface area contributed by atoms with Crippen molar-refractivity contribution < 1.29 is 13.3 Å². The Morgan fingerprint density at radius 3 is 0.770 bits per heavy atom. The second kappa shape index (κ2) is 30.2. The van der Waals surface area contributed by atoms with Crippen molar-refractivity contribution in [1.82, 2.24) is 27.4 Å². The van der Waals surface area contributed by atoms with Crippen molar-refractivity contribution in [1.29, 1.82) is 0 Å². The third kappa shape index (κ3) is 11.6. The first-order chi connectivity index (χ1) is 67.0. The maximum absolute atomic E-state index is 6.37. The van der Waals surface area contributed by atoms with Crippen LogP contribution in [0.1, 0.15) is 0 Å². The second-order valence-electron chi connectivity index (χ2n) is 35.2. The van der Waals surface area contributed by atoms with E-state index in [1.54, 1.807) is 0 Å². The summed E-state index contributed by atoms with van der Waals surface area (Å²) < 4.78 is 33.5. The summed E-state index contributed by atoms with van der Waals surface area (Å²) in [5.41, 5.74) is 33.7. The summed E-state index contributed by atoms with van der Waals surface area (Å²) in [4.78, 5) is 0. The number of hydrogen-bond donors (Lipinski definition) is 0. The molecule has 9 heteroatoms. The average Bonchev–Trinajstić information content (AvgIpc) is 1.57. The van der Waals surface area contributed by atoms with Gasteiger partial charge in [-0.2, -0.15) is 0 Å². The van der Waals surface area contributed by atoms with E-state index in [-0.39, 0.29) is 0 Å². The van der Waals surface area contributed by atoms with E-state index in [1.165, 1.54) is 175 Å². The lowest BCUT2D eigenvalue weighted by atomic mass is 10.0. The van der Waals surface area contributed by atoms with Gasteiger partial charge in [0.15, 0.2) is 0 Å². The standard InChI is InChI=1S/3C42H26N2O/c1-6-19-35(44-37-21-8-2-15-30(37)31-16-3-9-22-38(31)44)29(14-1)27-12-11-13-28(26-27)43-36-20-7-4-17-32(36)33-24-25-40-41(42(33)43)34-18-5-10-23-39(34)45-40;1-6-19-35(44-38-22-9-4-17-32(38)33-24-25-40-41(42(33)44)34-18-5-10-23-39(34)45-40)29(14-1)27-12-11-13-28(26-27)43-36-20-7-2-15-30(36)31-16-3-8-21-37(31)43;1-6-19-34(44-35-20-7-2-15-30(35)31-16-3-8-21-36(31)44)29(14-1)27-12-11-13-28(26-27)43-37-22-9-4-17-32(37)41-38(43)24-25-40-42(41)33-18-5-10-23-39(33)45-40/h3*1-26H. The zero-order chi connectivity index (χ0) is 88.5. The van der Waals surface area contributed by atoms with Crippen molar-refractivity contribution in [2.75, 3.05) is 0 Å². The van der Waals surface area contributed by atoms with E-state index in [9.17, 15) is 0 Å². The van der Waals surface area contributed by atoms with Crippen molar-refractivity contribution >= 4 is 197 Å². The van der Waals surface area contributed by atoms with Crippen LogP contribution in [0.4, 0.5) is 0 Å². The number of benzene rings is 21. The average molecular weight is 1720 g/mol. The minimum atomic E-state index is 0.901. The Hall–Kier alpha value is -18.2. The van der Waals surface area contributed by atoms with Gasteiger partial charge in [-0.25, -0.2) is 0 Å². The van der Waals surface area contributed by atoms with Crippen LogP contribution in [0.25, 0.3) is 264 Å². The fraction of sp³-hybridized carbons (Fsp3) is 0. The van der Waals surface area contributed by atoms with Gasteiger partial charge in [0.1, 0.15) is 33.5 Å². The number of para-hydroxylation sites is 15. The highest BCUT2D eigenvalue weighted by atomic mass is 16.3. The van der Waals surface area contributed by atoms with Gasteiger partial charge >= 0.3 is 0 Å². The summed E-state index contributed by atoms with van der Waals surface area (Å²) in [5, 5.41) is 21.8. The first-order valence-corrected chi connectivity index (χ1v) is 46.1. The predicted octanol–water partition coefficient (Wildman–Crippen LogP) is 34.3. The quantitative estimate of drug-likeness (QED) is 0.145. The third-order valence-electron chi connectivity index (χ3n) is 27.9. The molecule has 0 aliphatic carbocycles. The Labute approximate surface area is 772 Å². The van der Waals surface area contributed by atoms with Crippen molar-refractivity contribution in [2.45, 2.75) is 0 Å². The van der Waals surface area contributed by atoms with Gasteiger partial charge in [-0.3, -0.25) is 0 Å². The highest BCUT2D eigenvalue weighted by Crippen LogP contribution is 2.49. The summed E-state index contributed by atoms with van der Waals surface area (Å²) in [5.74, 6) is 0. The lowest BCUT2D eigenvalue weighted by Gasteiger charge is -2.16. The molecule has 9 nitrogen and oxygen atoms in total. The van der Waals surface area contributed by atoms with Crippen LogP contribution in [-0.4, -0.2) is 27.4 Å². The summed E-state index contributed by atoms with van der Waals surface area (Å²) in [6.07, 6.45) is 0. The lowest BCUT2D eigenvalue weighted by molar-refractivity contribution is 0.669. The summed E-state index contributed by atoms with van der Waals surface area (Å²) in [6.45, 7) is 0. The van der Waals surface area contributed by atoms with Gasteiger partial charge in [0.2, 0.25) is 0 Å². The van der Waals surface area contributed by atoms with E-state index in [0.717, 1.165) is 88.9 Å². The number of hydrogen-bond acceptors (Lipinski definition) is 3. The molecule has 630 valence electrons. The van der Waals surface area contributed by atoms with Gasteiger partial charge in [-0.05, 0) is 180 Å². The van der Waals surface area contributed by atoms with Crippen LogP contribution in [0.2, 0.25) is 0 Å². The molecule has 30 rings (SSSR count). The molecule has 135 heavy (non-hydrogen) atoms. The molecule has 9 aromatic heterocycles. The number of nitrogens with zero attached hydrogens (tertiary/aromatic N) is 6. The Kier molecular flexibility index (Phi) is 17.0. The molecule has 0 radical (unpaired) electrons. The molecule has 0 unspecified atom stereocenters. The molecule has 21 aromatic carbocycles. The Balaban J connectivity index is 0.000000101. The first-order valence-electron chi connectivity index (χ1n) is 46.1. The van der Waals surface area contributed by atoms with Gasteiger partial charge in [0.05, 0.1) is 94.0 Å². The predicted molar refractivity (Wildman–Crippen MR) is 564 cm³/mol. The van der Waals surface area contributed by atoms with Gasteiger partial charge in [-0.15, -0.1) is 0 Å². The highest BCUT2D eigenvalue weighted by molar-refractivity contribution is 6.29. The molecule has 0 atom stereocenters. The molecule has 0 aliphatic rings. The van der Waals surface area contributed by atoms with Crippen LogP contribution >= 0.6 is 0 Å². The second-order valence-corrected chi connectivity index (χ2v) is 35.2. The van der Waals surface area contributed by atoms with Crippen molar-refractivity contribution in [3.8, 4) is 67.5 Å². The molecule has 0 saturated carbocycles. The van der Waals surface area contributed by atoms with Crippen LogP contribution in [0.15, 0.2) is 486 Å². The van der Waals surface area contributed by atoms with E-state index in [2.05, 4.69) is 482 Å². The fourth-order valence-corrected chi connectivity index (χ4v) is 22.3. The van der Waals surface area contributed by atoms with E-state index in [4.69, 9.17) is 13.3 Å². The van der Waals surface area contributed by atoms with E-state index < -0.39 is 0 Å². The number of fused-ring (bicyclic) bond motifs is 30. The van der Waals surface area contributed by atoms with Crippen LogP contribution in [-0.2, 0) is 0 Å². The lowest BCUT2D eigenvalue weighted by Crippen LogP contribution is -1.98. The summed E-state index contributed by atoms with van der Waals surface area (Å²) >= 11 is 0. The van der Waals surface area contributed by atoms with E-state index >= 15 is 0 Å². The van der Waals surface area contributed by atoms with Gasteiger partial charge in [0, 0.05) is 120 Å². The van der Waals surface area contributed by atoms with Crippen molar-refractivity contribution in [2.24, 2.45) is 0 Å². The van der Waals surface area contributed by atoms with E-state index in [0.29, 0.717) is 0 Å². The first kappa shape index (κ1) is 75.8. The Bertz CT molecular complexity index is 9980. The number of furan rings is 3. The largest absolute Gasteiger partial charge is 0.456 e. The molecular weight excluding hydrogens is 1650 g/mol. The van der Waals surface area contributed by atoms with Crippen LogP contribution in [0.5, 0.6) is 0 Å². The minimum Gasteiger partial charge on any atom is -0.456 e. The van der Waals surface area contributed by atoms with Crippen LogP contribution < -0.4 is 0 Å². The van der Waals surface area contributed by atoms with E-state index in [1.807, 2.05) is 18.2 Å². The molecule has 9 heterocycles. The fourth-order valence-electron chi connectivity index (χ4n) is 22.3. The molecular formula is C126H78N6O3. The topological polar surface area (TPSA) is 69.0 Å². The summed E-state index contributed by atoms with van der Waals surface area (Å²) in [7, 11) is 0. The SMILES string of the molecule is c1cc(-c2ccccc2-n2c3ccccc3c3ccc4oc5ccccc5c4c32)cc(-n2c3ccccc3c3ccccc32)c1.c1cc(-c2ccccc2-n2c3ccccc3c3ccccc32)cc(-n2c3ccccc3c3c4c(ccc32)oc2ccccc24)c1.c1cc(-c2ccccc2-n2c3ccccc3c3ccccc32)cc(-n2c3ccccc3c3ccc4oc5ccccc5c4c32)c1. The highest BCUT2D eigenvalue weighted by Gasteiger charge is 2.27. The molecule has 30 aromatic rings. The molecule has 0 bridgehead atoms. The zero-order valence-corrected chi connectivity index (χ0v) is 72.9. The maximum Gasteiger partial charge on any atom is 0.137 e. The number of rotatable bonds is 9. The zero-order valence-electron chi connectivity index (χ0n) is 72.9. The molecule has 0 aliphatic heterocycles. The molecule has 0 saturated heterocycles. The van der Waals surface area contributed by atoms with Crippen molar-refractivity contribution in [3.05, 3.63) is 473 Å². The smallest absolute Gasteiger partial charge is 0.137 e. The number of aromatic nitrogens is 6.